The van der Waals surface area contributed by atoms with Crippen molar-refractivity contribution in [3.8, 4) is 12.1 Å². The quantitative estimate of drug-likeness (QED) is 0.357. The number of hydrogen-bond acceptors (Lipinski definition) is 6. The first-order valence-electron chi connectivity index (χ1n) is 9.91. The number of nitrogens with two attached hydrogens (primary N) is 1. The van der Waals surface area contributed by atoms with Gasteiger partial charge in [-0.3, -0.25) is 15.2 Å². The molecule has 35 heavy (non-hydrogen) atoms. The zero-order valence-electron chi connectivity index (χ0n) is 18.4. The average Bonchev–Trinajstić information content (AvgIpc) is 2.80. The van der Waals surface area contributed by atoms with E-state index in [1.807, 2.05) is 12.1 Å². The number of rotatable bonds is 6. The number of urea groups is 1. The van der Waals surface area contributed by atoms with Crippen molar-refractivity contribution in [1.82, 2.24) is 4.90 Å². The molecule has 0 spiro atoms. The van der Waals surface area contributed by atoms with Gasteiger partial charge in [-0.15, -0.1) is 0 Å². The van der Waals surface area contributed by atoms with Crippen molar-refractivity contribution in [2.24, 2.45) is 5.73 Å². The zero-order valence-corrected chi connectivity index (χ0v) is 18.4. The summed E-state index contributed by atoms with van der Waals surface area (Å²) < 4.78 is 39.8. The summed E-state index contributed by atoms with van der Waals surface area (Å²) in [5.74, 6) is -0.692. The van der Waals surface area contributed by atoms with Crippen molar-refractivity contribution in [3.63, 3.8) is 0 Å². The Hall–Kier alpha value is -4.39. The van der Waals surface area contributed by atoms with Gasteiger partial charge < -0.3 is 15.9 Å². The molecule has 5 N–H and O–H groups in total. The molecule has 1 aliphatic rings. The Kier molecular flexibility index (Phi) is 8.21. The smallest absolute Gasteiger partial charge is 0.393 e. The van der Waals surface area contributed by atoms with E-state index in [0.717, 1.165) is 23.1 Å². The molecule has 2 rings (SSSR count). The van der Waals surface area contributed by atoms with E-state index in [2.05, 4.69) is 6.58 Å². The summed E-state index contributed by atoms with van der Waals surface area (Å²) >= 11 is 0. The maximum atomic E-state index is 13.3. The molecule has 1 heterocycles. The Labute approximate surface area is 198 Å². The second kappa shape index (κ2) is 10.7. The number of aliphatic hydroxyl groups is 2. The number of nitriles is 2. The number of nitrogens with zero attached hydrogens (tertiary/aromatic N) is 4. The lowest BCUT2D eigenvalue weighted by atomic mass is 9.89. The minimum atomic E-state index is -4.69. The van der Waals surface area contributed by atoms with E-state index in [9.17, 15) is 33.4 Å². The van der Waals surface area contributed by atoms with E-state index < -0.39 is 42.5 Å². The van der Waals surface area contributed by atoms with Gasteiger partial charge in [-0.1, -0.05) is 24.8 Å². The van der Waals surface area contributed by atoms with Crippen LogP contribution in [0.1, 0.15) is 12.5 Å². The highest BCUT2D eigenvalue weighted by atomic mass is 19.4. The molecule has 12 heteroatoms. The van der Waals surface area contributed by atoms with Crippen molar-refractivity contribution in [2.75, 3.05) is 11.5 Å². The van der Waals surface area contributed by atoms with E-state index in [1.54, 1.807) is 0 Å². The van der Waals surface area contributed by atoms with Crippen LogP contribution >= 0.6 is 0 Å². The van der Waals surface area contributed by atoms with Crippen LogP contribution in [-0.2, 0) is 6.18 Å². The molecule has 0 aliphatic carbocycles. The van der Waals surface area contributed by atoms with Gasteiger partial charge in [0.25, 0.3) is 0 Å². The summed E-state index contributed by atoms with van der Waals surface area (Å²) in [6.45, 7) is 3.96. The topological polar surface area (TPSA) is 161 Å². The predicted octanol–water partition coefficient (Wildman–Crippen LogP) is 2.92. The normalized spacial score (nSPS) is 18.2. The third-order valence-electron chi connectivity index (χ3n) is 5.16. The Bertz CT molecular complexity index is 1220. The summed E-state index contributed by atoms with van der Waals surface area (Å²) in [5, 5.41) is 47.6. The van der Waals surface area contributed by atoms with Gasteiger partial charge in [0.2, 0.25) is 5.96 Å². The highest BCUT2D eigenvalue weighted by Gasteiger charge is 2.43. The number of anilines is 1. The molecule has 0 bridgehead atoms. The van der Waals surface area contributed by atoms with Crippen LogP contribution in [0.2, 0.25) is 0 Å². The number of carbonyl (C=O) groups is 1. The van der Waals surface area contributed by atoms with Crippen LogP contribution in [0.25, 0.3) is 0 Å². The number of aliphatic hydroxyl groups excluding tert-OH is 2. The van der Waals surface area contributed by atoms with Crippen LogP contribution in [0, 0.1) is 28.1 Å². The lowest BCUT2D eigenvalue weighted by molar-refractivity contribution is -0.137. The monoisotopic (exact) mass is 486 g/mol. The van der Waals surface area contributed by atoms with Gasteiger partial charge in [0.1, 0.15) is 12.1 Å². The zero-order chi connectivity index (χ0) is 26.5. The molecule has 1 aliphatic heterocycles. The molecule has 0 aromatic heterocycles. The lowest BCUT2D eigenvalue weighted by Crippen LogP contribution is -2.59. The molecule has 0 fully saturated rings. The van der Waals surface area contributed by atoms with Crippen molar-refractivity contribution in [2.45, 2.75) is 25.2 Å². The van der Waals surface area contributed by atoms with E-state index in [1.165, 1.54) is 31.2 Å². The molecule has 1 unspecified atom stereocenters. The number of hydrogen-bond donors (Lipinski definition) is 4. The van der Waals surface area contributed by atoms with Gasteiger partial charge in [-0.25, -0.2) is 4.79 Å². The Balaban J connectivity index is 2.84. The standard InChI is InChI=1S/C23H21F3N6O3/c1-3-14(10-27)7-8-17(19(34)12-33)20-18(11-28)13(2)31(21(29)32(20)22(30)35)16-6-4-5-15(9-16)23(24,25)26/h3-9,19-20,29,33-34H,1,12H2,2H3,(H2,30,35)/b14-7+,17-8+,29-21?/t19?,20-/m1/s1. The number of guanidine groups is 1. The van der Waals surface area contributed by atoms with Gasteiger partial charge in [0.05, 0.1) is 35.5 Å². The van der Waals surface area contributed by atoms with Crippen LogP contribution in [-0.4, -0.2) is 45.9 Å². The summed E-state index contributed by atoms with van der Waals surface area (Å²) in [6.07, 6.45) is -2.73. The Morgan fingerprint density at radius 1 is 1.37 bits per heavy atom. The van der Waals surface area contributed by atoms with Gasteiger partial charge in [-0.2, -0.15) is 23.7 Å². The number of halogens is 3. The third kappa shape index (κ3) is 5.41. The molecule has 0 saturated heterocycles. The SMILES string of the molecule is C=C/C(C#N)=C\C=C(/C(O)CO)[C@@H]1C(C#N)=C(C)N(c2cccc(C(F)(F)F)c2)C(=N)N1C(N)=O. The van der Waals surface area contributed by atoms with E-state index in [0.29, 0.717) is 4.90 Å². The molecule has 2 atom stereocenters. The Morgan fingerprint density at radius 3 is 2.51 bits per heavy atom. The second-order valence-corrected chi connectivity index (χ2v) is 7.23. The first-order chi connectivity index (χ1) is 16.4. The number of carbonyl (C=O) groups excluding carboxylic acids is 1. The van der Waals surface area contributed by atoms with E-state index >= 15 is 0 Å². The molecule has 2 amide bonds. The summed E-state index contributed by atoms with van der Waals surface area (Å²) in [4.78, 5) is 14.0. The average molecular weight is 486 g/mol. The molecule has 1 aromatic rings. The van der Waals surface area contributed by atoms with Gasteiger partial charge in [-0.05, 0) is 36.8 Å². The van der Waals surface area contributed by atoms with Gasteiger partial charge >= 0.3 is 12.2 Å². The third-order valence-corrected chi connectivity index (χ3v) is 5.16. The number of alkyl halides is 3. The van der Waals surface area contributed by atoms with E-state index in [-0.39, 0.29) is 28.1 Å². The van der Waals surface area contributed by atoms with Gasteiger partial charge in [0, 0.05) is 11.4 Å². The highest BCUT2D eigenvalue weighted by molar-refractivity contribution is 6.07. The largest absolute Gasteiger partial charge is 0.416 e. The maximum Gasteiger partial charge on any atom is 0.416 e. The van der Waals surface area contributed by atoms with Crippen LogP contribution in [0.5, 0.6) is 0 Å². The van der Waals surface area contributed by atoms with Crippen molar-refractivity contribution in [1.29, 1.82) is 15.9 Å². The lowest BCUT2D eigenvalue weighted by Gasteiger charge is -2.43. The number of amides is 2. The fourth-order valence-corrected chi connectivity index (χ4v) is 3.49. The summed E-state index contributed by atoms with van der Waals surface area (Å²) in [7, 11) is 0. The van der Waals surface area contributed by atoms with Crippen LogP contribution in [0.15, 0.2) is 71.5 Å². The maximum absolute atomic E-state index is 13.3. The molecule has 9 nitrogen and oxygen atoms in total. The number of allylic oxidation sites excluding steroid dienone is 5. The van der Waals surface area contributed by atoms with Crippen LogP contribution in [0.3, 0.4) is 0 Å². The number of benzene rings is 1. The first-order valence-corrected chi connectivity index (χ1v) is 9.91. The fourth-order valence-electron chi connectivity index (χ4n) is 3.49. The summed E-state index contributed by atoms with van der Waals surface area (Å²) in [6, 6.07) is 4.88. The Morgan fingerprint density at radius 2 is 2.03 bits per heavy atom. The highest BCUT2D eigenvalue weighted by Crippen LogP contribution is 2.37. The number of nitrogens with one attached hydrogen (secondary N) is 1. The minimum absolute atomic E-state index is 0.0106. The van der Waals surface area contributed by atoms with Crippen LogP contribution in [0.4, 0.5) is 23.7 Å². The van der Waals surface area contributed by atoms with Crippen LogP contribution < -0.4 is 10.6 Å². The van der Waals surface area contributed by atoms with Crippen molar-refractivity contribution >= 4 is 17.7 Å². The number of primary amides is 1. The molecule has 0 radical (unpaired) electrons. The van der Waals surface area contributed by atoms with E-state index in [4.69, 9.17) is 16.4 Å². The molecular formula is C23H21F3N6O3. The molecular weight excluding hydrogens is 465 g/mol. The fraction of sp³-hybridized carbons (Fsp3) is 0.217. The predicted molar refractivity (Wildman–Crippen MR) is 120 cm³/mol. The minimum Gasteiger partial charge on any atom is -0.393 e. The molecule has 0 saturated carbocycles. The molecule has 182 valence electrons. The summed E-state index contributed by atoms with van der Waals surface area (Å²) in [5.41, 5.74) is 3.95. The van der Waals surface area contributed by atoms with Crippen molar-refractivity contribution in [3.05, 3.63) is 77.1 Å². The second-order valence-electron chi connectivity index (χ2n) is 7.23. The van der Waals surface area contributed by atoms with Gasteiger partial charge in [0.15, 0.2) is 0 Å². The van der Waals surface area contributed by atoms with Crippen molar-refractivity contribution < 1.29 is 28.2 Å². The first kappa shape index (κ1) is 26.9. The molecule has 1 aromatic carbocycles.